The molecule has 1 aliphatic rings. The zero-order valence-electron chi connectivity index (χ0n) is 12.3. The Kier molecular flexibility index (Phi) is 5.49. The van der Waals surface area contributed by atoms with E-state index in [1.165, 1.54) is 31.5 Å². The summed E-state index contributed by atoms with van der Waals surface area (Å²) in [4.78, 5) is 2.45. The minimum absolute atomic E-state index is 0.312. The molecule has 2 unspecified atom stereocenters. The van der Waals surface area contributed by atoms with Gasteiger partial charge in [0.05, 0.1) is 0 Å². The Morgan fingerprint density at radius 2 is 2.20 bits per heavy atom. The molecule has 0 bridgehead atoms. The van der Waals surface area contributed by atoms with Crippen molar-refractivity contribution in [3.63, 3.8) is 0 Å². The van der Waals surface area contributed by atoms with Crippen LogP contribution in [0.15, 0.2) is 18.2 Å². The summed E-state index contributed by atoms with van der Waals surface area (Å²) in [5, 5.41) is 3.35. The molecule has 1 heterocycles. The highest BCUT2D eigenvalue weighted by atomic mass is 19.1. The van der Waals surface area contributed by atoms with Gasteiger partial charge >= 0.3 is 0 Å². The second kappa shape index (κ2) is 7.14. The highest BCUT2D eigenvalue weighted by Crippen LogP contribution is 2.20. The van der Waals surface area contributed by atoms with Crippen LogP contribution in [0.4, 0.5) is 8.78 Å². The first-order valence-electron chi connectivity index (χ1n) is 7.49. The summed E-state index contributed by atoms with van der Waals surface area (Å²) < 4.78 is 26.7. The fraction of sp³-hybridized carbons (Fsp3) is 0.625. The van der Waals surface area contributed by atoms with Gasteiger partial charge in [-0.3, -0.25) is 0 Å². The summed E-state index contributed by atoms with van der Waals surface area (Å²) in [6.45, 7) is 8.06. The van der Waals surface area contributed by atoms with Gasteiger partial charge < -0.3 is 10.2 Å². The molecule has 1 aromatic carbocycles. The molecule has 4 heteroatoms. The summed E-state index contributed by atoms with van der Waals surface area (Å²) in [6, 6.07) is 3.93. The molecule has 1 N–H and O–H groups in total. The fourth-order valence-electron chi connectivity index (χ4n) is 2.90. The van der Waals surface area contributed by atoms with E-state index in [0.29, 0.717) is 24.1 Å². The number of nitrogens with zero attached hydrogens (tertiary/aromatic N) is 1. The van der Waals surface area contributed by atoms with Gasteiger partial charge in [0.1, 0.15) is 11.6 Å². The number of benzene rings is 1. The average molecular weight is 282 g/mol. The van der Waals surface area contributed by atoms with E-state index < -0.39 is 0 Å². The van der Waals surface area contributed by atoms with Gasteiger partial charge in [-0.25, -0.2) is 8.78 Å². The van der Waals surface area contributed by atoms with E-state index in [0.717, 1.165) is 19.2 Å². The SMILES string of the molecule is CCN1CCCC(C(C)NCc2cc(F)ccc2F)C1. The van der Waals surface area contributed by atoms with Gasteiger partial charge in [0.2, 0.25) is 0 Å². The fourth-order valence-corrected chi connectivity index (χ4v) is 2.90. The molecular weight excluding hydrogens is 258 g/mol. The van der Waals surface area contributed by atoms with Crippen molar-refractivity contribution in [1.82, 2.24) is 10.2 Å². The van der Waals surface area contributed by atoms with Crippen LogP contribution in [-0.2, 0) is 6.54 Å². The molecule has 2 nitrogen and oxygen atoms in total. The standard InChI is InChI=1S/C16H24F2N2/c1-3-20-8-4-5-13(11-20)12(2)19-10-14-9-15(17)6-7-16(14)18/h6-7,9,12-13,19H,3-5,8,10-11H2,1-2H3. The minimum atomic E-state index is -0.384. The van der Waals surface area contributed by atoms with E-state index >= 15 is 0 Å². The largest absolute Gasteiger partial charge is 0.310 e. The quantitative estimate of drug-likeness (QED) is 0.892. The van der Waals surface area contributed by atoms with Crippen LogP contribution in [0.5, 0.6) is 0 Å². The highest BCUT2D eigenvalue weighted by molar-refractivity contribution is 5.18. The number of piperidine rings is 1. The van der Waals surface area contributed by atoms with Crippen LogP contribution in [0.3, 0.4) is 0 Å². The molecule has 2 atom stereocenters. The van der Waals surface area contributed by atoms with E-state index in [2.05, 4.69) is 24.1 Å². The Morgan fingerprint density at radius 3 is 2.95 bits per heavy atom. The van der Waals surface area contributed by atoms with Crippen LogP contribution >= 0.6 is 0 Å². The molecule has 1 aliphatic heterocycles. The van der Waals surface area contributed by atoms with E-state index in [9.17, 15) is 8.78 Å². The third-order valence-corrected chi connectivity index (χ3v) is 4.32. The van der Waals surface area contributed by atoms with Crippen molar-refractivity contribution < 1.29 is 8.78 Å². The molecule has 1 fully saturated rings. The molecule has 1 aromatic rings. The normalized spacial score (nSPS) is 21.9. The van der Waals surface area contributed by atoms with Gasteiger partial charge in [-0.2, -0.15) is 0 Å². The van der Waals surface area contributed by atoms with Crippen molar-refractivity contribution in [1.29, 1.82) is 0 Å². The summed E-state index contributed by atoms with van der Waals surface area (Å²) in [7, 11) is 0. The van der Waals surface area contributed by atoms with Crippen LogP contribution in [0.2, 0.25) is 0 Å². The summed E-state index contributed by atoms with van der Waals surface area (Å²) in [6.07, 6.45) is 2.43. The molecule has 0 amide bonds. The van der Waals surface area contributed by atoms with Crippen molar-refractivity contribution in [3.8, 4) is 0 Å². The Labute approximate surface area is 120 Å². The van der Waals surface area contributed by atoms with E-state index in [1.807, 2.05) is 0 Å². The monoisotopic (exact) mass is 282 g/mol. The smallest absolute Gasteiger partial charge is 0.127 e. The van der Waals surface area contributed by atoms with Crippen molar-refractivity contribution in [3.05, 3.63) is 35.4 Å². The van der Waals surface area contributed by atoms with Gasteiger partial charge in [-0.15, -0.1) is 0 Å². The lowest BCUT2D eigenvalue weighted by atomic mass is 9.91. The van der Waals surface area contributed by atoms with Gasteiger partial charge in [0, 0.05) is 24.7 Å². The van der Waals surface area contributed by atoms with Crippen molar-refractivity contribution in [2.45, 2.75) is 39.3 Å². The van der Waals surface area contributed by atoms with Crippen LogP contribution in [0, 0.1) is 17.6 Å². The van der Waals surface area contributed by atoms with E-state index in [4.69, 9.17) is 0 Å². The van der Waals surface area contributed by atoms with Gasteiger partial charge in [-0.1, -0.05) is 6.92 Å². The third kappa shape index (κ3) is 4.00. The third-order valence-electron chi connectivity index (χ3n) is 4.32. The van der Waals surface area contributed by atoms with E-state index in [1.54, 1.807) is 0 Å². The molecular formula is C16H24F2N2. The molecule has 0 radical (unpaired) electrons. The van der Waals surface area contributed by atoms with Crippen LogP contribution < -0.4 is 5.32 Å². The Morgan fingerprint density at radius 1 is 1.40 bits per heavy atom. The molecule has 0 aromatic heterocycles. The Bertz CT molecular complexity index is 436. The first kappa shape index (κ1) is 15.4. The van der Waals surface area contributed by atoms with Gasteiger partial charge in [0.15, 0.2) is 0 Å². The Balaban J connectivity index is 1.88. The number of likely N-dealkylation sites (tertiary alicyclic amines) is 1. The first-order chi connectivity index (χ1) is 9.60. The Hall–Kier alpha value is -1.00. The predicted octanol–water partition coefficient (Wildman–Crippen LogP) is 3.17. The van der Waals surface area contributed by atoms with Gasteiger partial charge in [-0.05, 0) is 57.0 Å². The lowest BCUT2D eigenvalue weighted by Crippen LogP contribution is -2.44. The molecule has 2 rings (SSSR count). The number of rotatable bonds is 5. The molecule has 0 saturated carbocycles. The molecule has 112 valence electrons. The lowest BCUT2D eigenvalue weighted by Gasteiger charge is -2.35. The maximum absolute atomic E-state index is 13.6. The van der Waals surface area contributed by atoms with Crippen LogP contribution in [0.25, 0.3) is 0 Å². The first-order valence-corrected chi connectivity index (χ1v) is 7.49. The zero-order chi connectivity index (χ0) is 14.5. The van der Waals surface area contributed by atoms with Crippen molar-refractivity contribution >= 4 is 0 Å². The van der Waals surface area contributed by atoms with Crippen molar-refractivity contribution in [2.75, 3.05) is 19.6 Å². The zero-order valence-corrected chi connectivity index (χ0v) is 12.3. The highest BCUT2D eigenvalue weighted by Gasteiger charge is 2.23. The van der Waals surface area contributed by atoms with Crippen molar-refractivity contribution in [2.24, 2.45) is 5.92 Å². The lowest BCUT2D eigenvalue weighted by molar-refractivity contribution is 0.156. The minimum Gasteiger partial charge on any atom is -0.310 e. The average Bonchev–Trinajstić information content (AvgIpc) is 2.48. The molecule has 1 saturated heterocycles. The maximum atomic E-state index is 13.6. The second-order valence-electron chi connectivity index (χ2n) is 5.70. The number of halogens is 2. The van der Waals surface area contributed by atoms with Crippen LogP contribution in [-0.4, -0.2) is 30.6 Å². The van der Waals surface area contributed by atoms with E-state index in [-0.39, 0.29) is 11.6 Å². The number of nitrogens with one attached hydrogen (secondary N) is 1. The van der Waals surface area contributed by atoms with Gasteiger partial charge in [0.25, 0.3) is 0 Å². The summed E-state index contributed by atoms with van der Waals surface area (Å²) in [5.41, 5.74) is 0.403. The van der Waals surface area contributed by atoms with Crippen LogP contribution in [0.1, 0.15) is 32.3 Å². The second-order valence-corrected chi connectivity index (χ2v) is 5.70. The maximum Gasteiger partial charge on any atom is 0.127 e. The molecule has 0 spiro atoms. The predicted molar refractivity (Wildman–Crippen MR) is 77.5 cm³/mol. The number of hydrogen-bond donors (Lipinski definition) is 1. The molecule has 0 aliphatic carbocycles. The molecule has 20 heavy (non-hydrogen) atoms. The summed E-state index contributed by atoms with van der Waals surface area (Å²) >= 11 is 0. The number of hydrogen-bond acceptors (Lipinski definition) is 2. The topological polar surface area (TPSA) is 15.3 Å². The summed E-state index contributed by atoms with van der Waals surface area (Å²) in [5.74, 6) is -0.143.